The Bertz CT molecular complexity index is 1340. The molecule has 42 heavy (non-hydrogen) atoms. The molecule has 2 fully saturated rings. The smallest absolute Gasteiger partial charge is 0.251 e. The van der Waals surface area contributed by atoms with E-state index in [4.69, 9.17) is 0 Å². The number of amides is 2. The number of aromatic nitrogens is 2. The van der Waals surface area contributed by atoms with E-state index in [1.165, 1.54) is 12.1 Å². The Morgan fingerprint density at radius 2 is 1.83 bits per heavy atom. The van der Waals surface area contributed by atoms with E-state index in [0.29, 0.717) is 37.0 Å². The summed E-state index contributed by atoms with van der Waals surface area (Å²) < 4.78 is 13.4. The number of hydrogen-bond acceptors (Lipinski definition) is 6. The number of carbonyl (C=O) groups excluding carboxylic acids is 2. The van der Waals surface area contributed by atoms with Crippen LogP contribution in [0.1, 0.15) is 41.1 Å². The van der Waals surface area contributed by atoms with Crippen LogP contribution < -0.4 is 5.32 Å². The minimum Gasteiger partial charge on any atom is -0.340 e. The number of likely N-dealkylation sites (N-methyl/N-ethyl adjacent to an activating group) is 1. The van der Waals surface area contributed by atoms with Gasteiger partial charge in [-0.2, -0.15) is 0 Å². The first-order valence-electron chi connectivity index (χ1n) is 14.7. The predicted molar refractivity (Wildman–Crippen MR) is 161 cm³/mol. The molecule has 9 heteroatoms. The molecule has 0 radical (unpaired) electrons. The Morgan fingerprint density at radius 1 is 1.10 bits per heavy atom. The van der Waals surface area contributed by atoms with Crippen molar-refractivity contribution < 1.29 is 14.0 Å². The van der Waals surface area contributed by atoms with Gasteiger partial charge in [0.25, 0.3) is 5.91 Å². The lowest BCUT2D eigenvalue weighted by molar-refractivity contribution is -0.135. The van der Waals surface area contributed by atoms with Gasteiger partial charge in [0.2, 0.25) is 5.91 Å². The molecule has 2 heterocycles. The summed E-state index contributed by atoms with van der Waals surface area (Å²) in [5.74, 6) is -0.149. The number of halogens is 1. The van der Waals surface area contributed by atoms with Gasteiger partial charge in [-0.25, -0.2) is 4.39 Å². The quantitative estimate of drug-likeness (QED) is 0.332. The van der Waals surface area contributed by atoms with Crippen LogP contribution in [0.2, 0.25) is 0 Å². The number of carbonyl (C=O) groups is 2. The second-order valence-electron chi connectivity index (χ2n) is 11.2. The molecular weight excluding hydrogens is 531 g/mol. The molecule has 2 aliphatic rings. The SMILES string of the molecule is C=CCN(CCC[C@H](NC(=O)c1ccc(-c2cnccn2)cc1)C(=O)N1CCN(C)CC1)[C@@H]1C[C@H]1c1ccc(F)cc1. The number of hydrogen-bond donors (Lipinski definition) is 1. The van der Waals surface area contributed by atoms with Gasteiger partial charge >= 0.3 is 0 Å². The minimum absolute atomic E-state index is 0.0292. The minimum atomic E-state index is -0.613. The summed E-state index contributed by atoms with van der Waals surface area (Å²) in [6, 6.07) is 13.7. The van der Waals surface area contributed by atoms with Crippen molar-refractivity contribution in [3.05, 3.63) is 96.7 Å². The molecule has 0 unspecified atom stereocenters. The lowest BCUT2D eigenvalue weighted by atomic mass is 10.1. The lowest BCUT2D eigenvalue weighted by Crippen LogP contribution is -2.54. The monoisotopic (exact) mass is 570 g/mol. The normalized spacial score (nSPS) is 19.4. The van der Waals surface area contributed by atoms with Crippen LogP contribution in [0.15, 0.2) is 79.8 Å². The van der Waals surface area contributed by atoms with Crippen LogP contribution in [0.4, 0.5) is 4.39 Å². The van der Waals surface area contributed by atoms with E-state index < -0.39 is 6.04 Å². The van der Waals surface area contributed by atoms with Gasteiger partial charge in [-0.15, -0.1) is 6.58 Å². The third-order valence-electron chi connectivity index (χ3n) is 8.25. The van der Waals surface area contributed by atoms with Crippen LogP contribution in [0, 0.1) is 5.82 Å². The summed E-state index contributed by atoms with van der Waals surface area (Å²) in [4.78, 5) is 41.8. The van der Waals surface area contributed by atoms with Crippen molar-refractivity contribution >= 4 is 11.8 Å². The number of piperazine rings is 1. The van der Waals surface area contributed by atoms with Crippen molar-refractivity contribution in [3.8, 4) is 11.3 Å². The van der Waals surface area contributed by atoms with Crippen LogP contribution >= 0.6 is 0 Å². The van der Waals surface area contributed by atoms with Gasteiger partial charge in [0.1, 0.15) is 11.9 Å². The Morgan fingerprint density at radius 3 is 2.50 bits per heavy atom. The summed E-state index contributed by atoms with van der Waals surface area (Å²) in [5, 5.41) is 3.05. The number of rotatable bonds is 12. The fourth-order valence-corrected chi connectivity index (χ4v) is 5.70. The van der Waals surface area contributed by atoms with Gasteiger partial charge in [-0.05, 0) is 62.7 Å². The zero-order valence-corrected chi connectivity index (χ0v) is 24.2. The first-order valence-corrected chi connectivity index (χ1v) is 14.7. The summed E-state index contributed by atoms with van der Waals surface area (Å²) in [5.41, 5.74) is 3.24. The van der Waals surface area contributed by atoms with Gasteiger partial charge in [0.15, 0.2) is 0 Å². The molecule has 1 aromatic heterocycles. The second kappa shape index (κ2) is 13.8. The molecule has 2 amide bonds. The largest absolute Gasteiger partial charge is 0.340 e. The highest BCUT2D eigenvalue weighted by atomic mass is 19.1. The van der Waals surface area contributed by atoms with Gasteiger partial charge in [0.05, 0.1) is 11.9 Å². The topological polar surface area (TPSA) is 81.7 Å². The second-order valence-corrected chi connectivity index (χ2v) is 11.2. The van der Waals surface area contributed by atoms with Crippen LogP contribution in [0.25, 0.3) is 11.3 Å². The zero-order chi connectivity index (χ0) is 29.5. The molecule has 0 spiro atoms. The fourth-order valence-electron chi connectivity index (χ4n) is 5.70. The highest BCUT2D eigenvalue weighted by Crippen LogP contribution is 2.44. The lowest BCUT2D eigenvalue weighted by Gasteiger charge is -2.35. The first-order chi connectivity index (χ1) is 20.4. The van der Waals surface area contributed by atoms with Gasteiger partial charge < -0.3 is 15.1 Å². The van der Waals surface area contributed by atoms with Crippen molar-refractivity contribution in [1.29, 1.82) is 0 Å². The summed E-state index contributed by atoms with van der Waals surface area (Å²) in [6.07, 6.45) is 9.14. The van der Waals surface area contributed by atoms with E-state index in [1.807, 2.05) is 35.2 Å². The maximum absolute atomic E-state index is 13.6. The van der Waals surface area contributed by atoms with Crippen molar-refractivity contribution in [2.75, 3.05) is 46.3 Å². The highest BCUT2D eigenvalue weighted by Gasteiger charge is 2.42. The molecule has 0 bridgehead atoms. The molecule has 1 saturated heterocycles. The summed E-state index contributed by atoms with van der Waals surface area (Å²) in [7, 11) is 2.05. The Kier molecular flexibility index (Phi) is 9.71. The zero-order valence-electron chi connectivity index (χ0n) is 24.2. The van der Waals surface area contributed by atoms with E-state index in [1.54, 1.807) is 30.7 Å². The average molecular weight is 571 g/mol. The molecule has 2 aromatic carbocycles. The Hall–Kier alpha value is -3.95. The van der Waals surface area contributed by atoms with Crippen LogP contribution in [-0.2, 0) is 4.79 Å². The molecule has 5 rings (SSSR count). The number of nitrogens with one attached hydrogen (secondary N) is 1. The Labute approximate surface area is 247 Å². The molecule has 1 N–H and O–H groups in total. The summed E-state index contributed by atoms with van der Waals surface area (Å²) in [6.45, 7) is 8.39. The third kappa shape index (κ3) is 7.46. The average Bonchev–Trinajstić information content (AvgIpc) is 3.82. The number of nitrogens with zero attached hydrogens (tertiary/aromatic N) is 5. The van der Waals surface area contributed by atoms with Crippen LogP contribution in [0.3, 0.4) is 0 Å². The molecule has 3 atom stereocenters. The van der Waals surface area contributed by atoms with Gasteiger partial charge in [-0.3, -0.25) is 24.5 Å². The molecule has 220 valence electrons. The number of benzene rings is 2. The standard InChI is InChI=1S/C33H39FN6O2/c1-3-16-39(31-22-28(31)24-10-12-27(34)13-11-24)17-4-5-29(33(42)40-20-18-38(2)19-21-40)37-32(41)26-8-6-25(7-9-26)30-23-35-14-15-36-30/h3,6-15,23,28-29,31H,1,4-5,16-22H2,2H3,(H,37,41)/t28-,29-,31+/m0/s1. The third-order valence-corrected chi connectivity index (χ3v) is 8.25. The highest BCUT2D eigenvalue weighted by molar-refractivity contribution is 5.97. The first kappa shape index (κ1) is 29.5. The maximum atomic E-state index is 13.6. The van der Waals surface area contributed by atoms with E-state index in [9.17, 15) is 14.0 Å². The predicted octanol–water partition coefficient (Wildman–Crippen LogP) is 3.98. The molecule has 1 saturated carbocycles. The molecule has 8 nitrogen and oxygen atoms in total. The van der Waals surface area contributed by atoms with Crippen molar-refractivity contribution in [2.45, 2.75) is 37.3 Å². The van der Waals surface area contributed by atoms with Crippen molar-refractivity contribution in [1.82, 2.24) is 30.0 Å². The van der Waals surface area contributed by atoms with E-state index >= 15 is 0 Å². The Balaban J connectivity index is 1.23. The van der Waals surface area contributed by atoms with Crippen molar-refractivity contribution in [3.63, 3.8) is 0 Å². The van der Waals surface area contributed by atoms with Crippen LogP contribution in [0.5, 0.6) is 0 Å². The van der Waals surface area contributed by atoms with Gasteiger partial charge in [-0.1, -0.05) is 30.3 Å². The fraction of sp³-hybridized carbons (Fsp3) is 0.394. The van der Waals surface area contributed by atoms with Crippen LogP contribution in [-0.4, -0.2) is 94.9 Å². The van der Waals surface area contributed by atoms with Crippen molar-refractivity contribution in [2.24, 2.45) is 0 Å². The molecule has 1 aliphatic heterocycles. The van der Waals surface area contributed by atoms with E-state index in [-0.39, 0.29) is 17.6 Å². The van der Waals surface area contributed by atoms with E-state index in [2.05, 4.69) is 38.7 Å². The molecular formula is C33H39FN6O2. The molecule has 3 aromatic rings. The van der Waals surface area contributed by atoms with E-state index in [0.717, 1.165) is 55.8 Å². The van der Waals surface area contributed by atoms with Gasteiger partial charge in [0, 0.05) is 68.2 Å². The maximum Gasteiger partial charge on any atom is 0.251 e. The molecule has 1 aliphatic carbocycles. The summed E-state index contributed by atoms with van der Waals surface area (Å²) >= 11 is 0.